The third-order valence-corrected chi connectivity index (χ3v) is 4.27. The molecule has 0 radical (unpaired) electrons. The second kappa shape index (κ2) is 4.43. The smallest absolute Gasteiger partial charge is 0.308 e. The summed E-state index contributed by atoms with van der Waals surface area (Å²) in [6.07, 6.45) is 1.94. The number of hydrogen-bond donors (Lipinski definition) is 1. The molecule has 20 heavy (non-hydrogen) atoms. The van der Waals surface area contributed by atoms with Gasteiger partial charge in [0.1, 0.15) is 11.5 Å². The van der Waals surface area contributed by atoms with Crippen molar-refractivity contribution in [2.24, 2.45) is 5.92 Å². The average Bonchev–Trinajstić information content (AvgIpc) is 2.95. The maximum Gasteiger partial charge on any atom is 0.308 e. The molecule has 3 atom stereocenters. The summed E-state index contributed by atoms with van der Waals surface area (Å²) in [7, 11) is 0. The van der Waals surface area contributed by atoms with Crippen LogP contribution in [0.3, 0.4) is 0 Å². The van der Waals surface area contributed by atoms with Crippen LogP contribution in [0.4, 0.5) is 15.8 Å². The number of nitro groups is 1. The number of rotatable bonds is 3. The van der Waals surface area contributed by atoms with E-state index in [0.29, 0.717) is 12.8 Å². The van der Waals surface area contributed by atoms with Crippen LogP contribution in [-0.2, 0) is 4.79 Å². The van der Waals surface area contributed by atoms with Crippen LogP contribution in [-0.4, -0.2) is 28.1 Å². The third kappa shape index (κ3) is 1.81. The first kappa shape index (κ1) is 12.8. The van der Waals surface area contributed by atoms with Gasteiger partial charge in [0, 0.05) is 24.2 Å². The second-order valence-electron chi connectivity index (χ2n) is 5.28. The first-order chi connectivity index (χ1) is 9.49. The molecule has 2 fully saturated rings. The lowest BCUT2D eigenvalue weighted by molar-refractivity contribution is -0.384. The van der Waals surface area contributed by atoms with Crippen molar-refractivity contribution in [3.05, 3.63) is 34.1 Å². The molecule has 1 aromatic rings. The third-order valence-electron chi connectivity index (χ3n) is 4.27. The normalized spacial score (nSPS) is 27.9. The molecule has 2 aliphatic rings. The van der Waals surface area contributed by atoms with Gasteiger partial charge in [0.25, 0.3) is 5.69 Å². The Balaban J connectivity index is 2.04. The van der Waals surface area contributed by atoms with Crippen LogP contribution >= 0.6 is 0 Å². The first-order valence-electron chi connectivity index (χ1n) is 6.44. The number of carboxylic acid groups (broad SMARTS) is 1. The van der Waals surface area contributed by atoms with E-state index in [-0.39, 0.29) is 23.5 Å². The lowest BCUT2D eigenvalue weighted by Crippen LogP contribution is -2.33. The van der Waals surface area contributed by atoms with E-state index < -0.39 is 22.6 Å². The van der Waals surface area contributed by atoms with Gasteiger partial charge in [-0.25, -0.2) is 4.39 Å². The van der Waals surface area contributed by atoms with E-state index in [2.05, 4.69) is 0 Å². The number of anilines is 1. The largest absolute Gasteiger partial charge is 0.481 e. The van der Waals surface area contributed by atoms with Crippen molar-refractivity contribution >= 4 is 17.3 Å². The fourth-order valence-corrected chi connectivity index (χ4v) is 3.49. The molecule has 3 unspecified atom stereocenters. The topological polar surface area (TPSA) is 83.7 Å². The fraction of sp³-hybridized carbons (Fsp3) is 0.462. The number of carbonyl (C=O) groups is 1. The van der Waals surface area contributed by atoms with Crippen molar-refractivity contribution in [1.82, 2.24) is 0 Å². The van der Waals surface area contributed by atoms with E-state index >= 15 is 0 Å². The minimum Gasteiger partial charge on any atom is -0.481 e. The van der Waals surface area contributed by atoms with Gasteiger partial charge < -0.3 is 10.0 Å². The van der Waals surface area contributed by atoms with Crippen LogP contribution < -0.4 is 4.90 Å². The van der Waals surface area contributed by atoms with E-state index in [1.165, 1.54) is 0 Å². The molecule has 2 bridgehead atoms. The number of carboxylic acids is 1. The van der Waals surface area contributed by atoms with Crippen LogP contribution in [0.1, 0.15) is 19.3 Å². The predicted octanol–water partition coefficient (Wildman–Crippen LogP) is 2.18. The highest BCUT2D eigenvalue weighted by atomic mass is 19.1. The van der Waals surface area contributed by atoms with Crippen molar-refractivity contribution in [2.75, 3.05) is 4.90 Å². The Morgan fingerprint density at radius 1 is 1.45 bits per heavy atom. The summed E-state index contributed by atoms with van der Waals surface area (Å²) in [4.78, 5) is 23.5. The molecular formula is C13H13FN2O4. The highest BCUT2D eigenvalue weighted by Gasteiger charge is 2.50. The zero-order valence-electron chi connectivity index (χ0n) is 10.5. The molecule has 0 aliphatic carbocycles. The minimum absolute atomic E-state index is 0.0541. The number of aliphatic carboxylic acids is 1. The van der Waals surface area contributed by atoms with Gasteiger partial charge in [-0.2, -0.15) is 0 Å². The molecule has 106 valence electrons. The molecule has 2 heterocycles. The Morgan fingerprint density at radius 2 is 2.20 bits per heavy atom. The van der Waals surface area contributed by atoms with Crippen LogP contribution in [0.5, 0.6) is 0 Å². The average molecular weight is 280 g/mol. The monoisotopic (exact) mass is 280 g/mol. The molecule has 3 rings (SSSR count). The Bertz CT molecular complexity index is 592. The summed E-state index contributed by atoms with van der Waals surface area (Å²) in [6.45, 7) is 0. The van der Waals surface area contributed by atoms with E-state index in [0.717, 1.165) is 24.6 Å². The summed E-state index contributed by atoms with van der Waals surface area (Å²) in [5.74, 6) is -1.97. The van der Waals surface area contributed by atoms with Crippen molar-refractivity contribution < 1.29 is 19.2 Å². The Labute approximate surface area is 114 Å². The highest BCUT2D eigenvalue weighted by Crippen LogP contribution is 2.47. The number of nitro benzene ring substituents is 1. The summed E-state index contributed by atoms with van der Waals surface area (Å²) >= 11 is 0. The lowest BCUT2D eigenvalue weighted by atomic mass is 9.89. The molecule has 1 aromatic carbocycles. The Hall–Kier alpha value is -2.18. The van der Waals surface area contributed by atoms with Gasteiger partial charge in [0.15, 0.2) is 0 Å². The van der Waals surface area contributed by atoms with Crippen LogP contribution in [0.2, 0.25) is 0 Å². The van der Waals surface area contributed by atoms with E-state index in [1.54, 1.807) is 4.90 Å². The minimum atomic E-state index is -0.888. The number of halogens is 1. The van der Waals surface area contributed by atoms with Gasteiger partial charge in [-0.05, 0) is 25.3 Å². The predicted molar refractivity (Wildman–Crippen MR) is 68.1 cm³/mol. The Kier molecular flexibility index (Phi) is 2.84. The molecule has 2 aliphatic heterocycles. The number of hydrogen-bond acceptors (Lipinski definition) is 4. The summed E-state index contributed by atoms with van der Waals surface area (Å²) in [5.41, 5.74) is 0.0283. The van der Waals surface area contributed by atoms with Gasteiger partial charge in [0.05, 0.1) is 10.8 Å². The van der Waals surface area contributed by atoms with Crippen LogP contribution in [0, 0.1) is 21.8 Å². The maximum atomic E-state index is 13.4. The van der Waals surface area contributed by atoms with Crippen molar-refractivity contribution in [2.45, 2.75) is 31.3 Å². The van der Waals surface area contributed by atoms with Gasteiger partial charge >= 0.3 is 5.97 Å². The second-order valence-corrected chi connectivity index (χ2v) is 5.28. The maximum absolute atomic E-state index is 13.4. The molecule has 7 heteroatoms. The molecule has 1 N–H and O–H groups in total. The number of benzene rings is 1. The van der Waals surface area contributed by atoms with Crippen LogP contribution in [0.15, 0.2) is 18.2 Å². The molecule has 0 aromatic heterocycles. The van der Waals surface area contributed by atoms with Gasteiger partial charge in [-0.1, -0.05) is 0 Å². The molecule has 0 amide bonds. The first-order valence-corrected chi connectivity index (χ1v) is 6.44. The molecule has 0 saturated carbocycles. The van der Waals surface area contributed by atoms with Gasteiger partial charge in [-0.3, -0.25) is 14.9 Å². The van der Waals surface area contributed by atoms with Gasteiger partial charge in [0.2, 0.25) is 0 Å². The van der Waals surface area contributed by atoms with Crippen molar-refractivity contribution in [1.29, 1.82) is 0 Å². The van der Waals surface area contributed by atoms with Crippen LogP contribution in [0.25, 0.3) is 0 Å². The Morgan fingerprint density at radius 3 is 2.80 bits per heavy atom. The van der Waals surface area contributed by atoms with E-state index in [4.69, 9.17) is 0 Å². The van der Waals surface area contributed by atoms with E-state index in [1.807, 2.05) is 0 Å². The molecular weight excluding hydrogens is 267 g/mol. The number of nitrogens with zero attached hydrogens (tertiary/aromatic N) is 2. The fourth-order valence-electron chi connectivity index (χ4n) is 3.49. The van der Waals surface area contributed by atoms with E-state index in [9.17, 15) is 24.4 Å². The van der Waals surface area contributed by atoms with Crippen molar-refractivity contribution in [3.8, 4) is 0 Å². The number of fused-ring (bicyclic) bond motifs is 2. The van der Waals surface area contributed by atoms with Crippen molar-refractivity contribution in [3.63, 3.8) is 0 Å². The van der Waals surface area contributed by atoms with Gasteiger partial charge in [-0.15, -0.1) is 0 Å². The standard InChI is InChI=1S/C13H13FN2O4/c14-7-1-3-11(16(19)20)12(5-7)15-8-2-4-10(15)9(6-8)13(17)18/h1,3,5,8-10H,2,4,6H2,(H,17,18). The highest BCUT2D eigenvalue weighted by molar-refractivity contribution is 5.75. The summed E-state index contributed by atoms with van der Waals surface area (Å²) in [5, 5.41) is 20.3. The quantitative estimate of drug-likeness (QED) is 0.677. The zero-order chi connectivity index (χ0) is 14.4. The SMILES string of the molecule is O=C(O)C1CC2CCC1N2c1cc(F)ccc1[N+](=O)[O-]. The summed E-state index contributed by atoms with van der Waals surface area (Å²) in [6, 6.07) is 2.99. The zero-order valence-corrected chi connectivity index (χ0v) is 10.5. The molecule has 2 saturated heterocycles. The molecule has 0 spiro atoms. The lowest BCUT2D eigenvalue weighted by Gasteiger charge is -2.25. The summed E-state index contributed by atoms with van der Waals surface area (Å²) < 4.78 is 13.4. The molecule has 6 nitrogen and oxygen atoms in total.